The molecule has 0 fully saturated rings. The van der Waals surface area contributed by atoms with E-state index < -0.39 is 0 Å². The summed E-state index contributed by atoms with van der Waals surface area (Å²) in [5, 5.41) is 3.91. The zero-order valence-electron chi connectivity index (χ0n) is 15.1. The Morgan fingerprint density at radius 1 is 1.04 bits per heavy atom. The maximum Gasteiger partial charge on any atom is 0.277 e. The van der Waals surface area contributed by atoms with Crippen molar-refractivity contribution in [2.24, 2.45) is 5.10 Å². The standard InChI is InChI=1S/C20H24N2O3/c1-20(2,3)16-7-11-18(12-8-16)25-14-19(23)22-21-13-15-5-9-17(24-4)10-6-15/h5-13H,14H2,1-4H3,(H,22,23). The van der Waals surface area contributed by atoms with Crippen molar-refractivity contribution in [3.05, 3.63) is 59.7 Å². The van der Waals surface area contributed by atoms with Gasteiger partial charge in [0, 0.05) is 0 Å². The van der Waals surface area contributed by atoms with Crippen molar-refractivity contribution in [3.63, 3.8) is 0 Å². The third-order valence-electron chi connectivity index (χ3n) is 3.61. The minimum Gasteiger partial charge on any atom is -0.497 e. The molecule has 2 aromatic carbocycles. The number of hydrogen-bond acceptors (Lipinski definition) is 4. The number of methoxy groups -OCH3 is 1. The molecular formula is C20H24N2O3. The van der Waals surface area contributed by atoms with E-state index in [1.165, 1.54) is 5.56 Å². The van der Waals surface area contributed by atoms with E-state index >= 15 is 0 Å². The van der Waals surface area contributed by atoms with E-state index in [1.54, 1.807) is 13.3 Å². The largest absolute Gasteiger partial charge is 0.497 e. The molecule has 2 aromatic rings. The second-order valence-corrected chi connectivity index (χ2v) is 6.63. The minimum absolute atomic E-state index is 0.0885. The number of amides is 1. The number of rotatable bonds is 6. The van der Waals surface area contributed by atoms with Gasteiger partial charge in [0.15, 0.2) is 6.61 Å². The van der Waals surface area contributed by atoms with Crippen molar-refractivity contribution in [1.82, 2.24) is 5.43 Å². The Kier molecular flexibility index (Phi) is 6.17. The molecule has 25 heavy (non-hydrogen) atoms. The highest BCUT2D eigenvalue weighted by Crippen LogP contribution is 2.24. The number of hydrogen-bond donors (Lipinski definition) is 1. The summed E-state index contributed by atoms with van der Waals surface area (Å²) in [5.41, 5.74) is 4.61. The number of hydrazone groups is 1. The van der Waals surface area contributed by atoms with Gasteiger partial charge in [-0.05, 0) is 52.9 Å². The predicted molar refractivity (Wildman–Crippen MR) is 99.4 cm³/mol. The molecule has 0 aliphatic carbocycles. The second kappa shape index (κ2) is 8.33. The van der Waals surface area contributed by atoms with Gasteiger partial charge in [0.1, 0.15) is 11.5 Å². The van der Waals surface area contributed by atoms with Gasteiger partial charge in [0.2, 0.25) is 0 Å². The number of ether oxygens (including phenoxy) is 2. The molecule has 0 bridgehead atoms. The van der Waals surface area contributed by atoms with Crippen LogP contribution in [0.25, 0.3) is 0 Å². The van der Waals surface area contributed by atoms with E-state index in [0.717, 1.165) is 11.3 Å². The van der Waals surface area contributed by atoms with Crippen LogP contribution < -0.4 is 14.9 Å². The highest BCUT2D eigenvalue weighted by molar-refractivity contribution is 5.83. The molecule has 0 spiro atoms. The maximum absolute atomic E-state index is 11.8. The van der Waals surface area contributed by atoms with Crippen LogP contribution in [0.2, 0.25) is 0 Å². The number of carbonyl (C=O) groups is 1. The topological polar surface area (TPSA) is 59.9 Å². The number of carbonyl (C=O) groups excluding carboxylic acids is 1. The average molecular weight is 340 g/mol. The first-order valence-corrected chi connectivity index (χ1v) is 8.08. The van der Waals surface area contributed by atoms with Crippen LogP contribution in [0.15, 0.2) is 53.6 Å². The van der Waals surface area contributed by atoms with Crippen LogP contribution in [0.4, 0.5) is 0 Å². The zero-order valence-corrected chi connectivity index (χ0v) is 15.1. The monoisotopic (exact) mass is 340 g/mol. The second-order valence-electron chi connectivity index (χ2n) is 6.63. The van der Waals surface area contributed by atoms with Gasteiger partial charge in [0.25, 0.3) is 5.91 Å². The Morgan fingerprint density at radius 2 is 1.64 bits per heavy atom. The lowest BCUT2D eigenvalue weighted by atomic mass is 9.87. The normalized spacial score (nSPS) is 11.4. The van der Waals surface area contributed by atoms with Crippen LogP contribution in [-0.2, 0) is 10.2 Å². The Balaban J connectivity index is 1.79. The molecule has 0 atom stereocenters. The summed E-state index contributed by atoms with van der Waals surface area (Å²) in [6, 6.07) is 15.1. The van der Waals surface area contributed by atoms with E-state index in [4.69, 9.17) is 9.47 Å². The SMILES string of the molecule is COc1ccc(C=NNC(=O)COc2ccc(C(C)(C)C)cc2)cc1. The molecule has 1 N–H and O–H groups in total. The summed E-state index contributed by atoms with van der Waals surface area (Å²) in [6.45, 7) is 6.36. The van der Waals surface area contributed by atoms with Crippen LogP contribution in [0, 0.1) is 0 Å². The Bertz CT molecular complexity index is 714. The Hall–Kier alpha value is -2.82. The van der Waals surface area contributed by atoms with E-state index in [2.05, 4.69) is 31.3 Å². The molecular weight excluding hydrogens is 316 g/mol. The van der Waals surface area contributed by atoms with Gasteiger partial charge in [-0.1, -0.05) is 32.9 Å². The van der Waals surface area contributed by atoms with Crippen LogP contribution in [0.5, 0.6) is 11.5 Å². The summed E-state index contributed by atoms with van der Waals surface area (Å²) >= 11 is 0. The van der Waals surface area contributed by atoms with Crippen LogP contribution in [-0.4, -0.2) is 25.8 Å². The van der Waals surface area contributed by atoms with Gasteiger partial charge in [-0.25, -0.2) is 5.43 Å². The van der Waals surface area contributed by atoms with Crippen LogP contribution >= 0.6 is 0 Å². The fraction of sp³-hybridized carbons (Fsp3) is 0.300. The first kappa shape index (κ1) is 18.5. The third-order valence-corrected chi connectivity index (χ3v) is 3.61. The van der Waals surface area contributed by atoms with Crippen molar-refractivity contribution in [2.45, 2.75) is 26.2 Å². The third kappa shape index (κ3) is 5.95. The van der Waals surface area contributed by atoms with Crippen LogP contribution in [0.1, 0.15) is 31.9 Å². The van der Waals surface area contributed by atoms with Gasteiger partial charge < -0.3 is 9.47 Å². The molecule has 0 aromatic heterocycles. The van der Waals surface area contributed by atoms with Gasteiger partial charge in [0.05, 0.1) is 13.3 Å². The molecule has 0 heterocycles. The lowest BCUT2D eigenvalue weighted by molar-refractivity contribution is -0.123. The van der Waals surface area contributed by atoms with Crippen molar-refractivity contribution in [1.29, 1.82) is 0 Å². The molecule has 0 unspecified atom stereocenters. The van der Waals surface area contributed by atoms with E-state index in [1.807, 2.05) is 48.5 Å². The highest BCUT2D eigenvalue weighted by Gasteiger charge is 2.13. The quantitative estimate of drug-likeness (QED) is 0.646. The number of nitrogens with one attached hydrogen (secondary N) is 1. The molecule has 5 heteroatoms. The predicted octanol–water partition coefficient (Wildman–Crippen LogP) is 3.52. The molecule has 0 aliphatic heterocycles. The summed E-state index contributed by atoms with van der Waals surface area (Å²) in [5.74, 6) is 1.11. The van der Waals surface area contributed by atoms with Crippen LogP contribution in [0.3, 0.4) is 0 Å². The molecule has 2 rings (SSSR count). The average Bonchev–Trinajstić information content (AvgIpc) is 2.60. The maximum atomic E-state index is 11.8. The fourth-order valence-corrected chi connectivity index (χ4v) is 2.10. The van der Waals surface area contributed by atoms with Gasteiger partial charge in [-0.3, -0.25) is 4.79 Å². The van der Waals surface area contributed by atoms with E-state index in [0.29, 0.717) is 5.75 Å². The summed E-state index contributed by atoms with van der Waals surface area (Å²) < 4.78 is 10.5. The highest BCUT2D eigenvalue weighted by atomic mass is 16.5. The summed E-state index contributed by atoms with van der Waals surface area (Å²) in [7, 11) is 1.61. The molecule has 0 radical (unpaired) electrons. The van der Waals surface area contributed by atoms with Crippen molar-refractivity contribution < 1.29 is 14.3 Å². The fourth-order valence-electron chi connectivity index (χ4n) is 2.10. The first-order valence-electron chi connectivity index (χ1n) is 8.08. The van der Waals surface area contributed by atoms with Gasteiger partial charge >= 0.3 is 0 Å². The van der Waals surface area contributed by atoms with Gasteiger partial charge in [-0.2, -0.15) is 5.10 Å². The number of nitrogens with zero attached hydrogens (tertiary/aromatic N) is 1. The summed E-state index contributed by atoms with van der Waals surface area (Å²) in [4.78, 5) is 11.8. The van der Waals surface area contributed by atoms with Gasteiger partial charge in [-0.15, -0.1) is 0 Å². The molecule has 0 saturated heterocycles. The van der Waals surface area contributed by atoms with E-state index in [-0.39, 0.29) is 17.9 Å². The Morgan fingerprint density at radius 3 is 2.20 bits per heavy atom. The minimum atomic E-state index is -0.315. The molecule has 5 nitrogen and oxygen atoms in total. The zero-order chi connectivity index (χ0) is 18.3. The van der Waals surface area contributed by atoms with Crippen molar-refractivity contribution in [3.8, 4) is 11.5 Å². The molecule has 132 valence electrons. The smallest absolute Gasteiger partial charge is 0.277 e. The van der Waals surface area contributed by atoms with Crippen molar-refractivity contribution in [2.75, 3.05) is 13.7 Å². The number of benzene rings is 2. The molecule has 1 amide bonds. The van der Waals surface area contributed by atoms with E-state index in [9.17, 15) is 4.79 Å². The lowest BCUT2D eigenvalue weighted by Gasteiger charge is -2.19. The first-order chi connectivity index (χ1) is 11.9. The Labute approximate surface area is 148 Å². The molecule has 0 aliphatic rings. The molecule has 0 saturated carbocycles. The van der Waals surface area contributed by atoms with Crippen molar-refractivity contribution >= 4 is 12.1 Å². The summed E-state index contributed by atoms with van der Waals surface area (Å²) in [6.07, 6.45) is 1.56. The lowest BCUT2D eigenvalue weighted by Crippen LogP contribution is -2.24.